The quantitative estimate of drug-likeness (QED) is 0.270. The van der Waals surface area contributed by atoms with Crippen molar-refractivity contribution in [2.24, 2.45) is 22.7 Å². The van der Waals surface area contributed by atoms with Crippen molar-refractivity contribution in [3.8, 4) is 0 Å². The number of allylic oxidation sites excluding steroid dienone is 2. The van der Waals surface area contributed by atoms with Crippen molar-refractivity contribution in [2.75, 3.05) is 13.2 Å². The Bertz CT molecular complexity index is 1340. The first kappa shape index (κ1) is 31.2. The Balaban J connectivity index is 1.48. The Hall–Kier alpha value is -1.81. The van der Waals surface area contributed by atoms with Crippen molar-refractivity contribution in [1.29, 1.82) is 0 Å². The van der Waals surface area contributed by atoms with Crippen LogP contribution >= 0.6 is 0 Å². The van der Waals surface area contributed by atoms with Gasteiger partial charge in [-0.3, -0.25) is 0 Å². The van der Waals surface area contributed by atoms with Crippen LogP contribution in [0.5, 0.6) is 0 Å². The van der Waals surface area contributed by atoms with Crippen molar-refractivity contribution in [3.63, 3.8) is 0 Å². The van der Waals surface area contributed by atoms with Crippen LogP contribution in [0, 0.1) is 22.7 Å². The first-order valence-electron chi connectivity index (χ1n) is 15.4. The van der Waals surface area contributed by atoms with Gasteiger partial charge in [-0.2, -0.15) is 22.0 Å². The van der Waals surface area contributed by atoms with Crippen LogP contribution in [0.2, 0.25) is 0 Å². The number of halogens is 5. The lowest BCUT2D eigenvalue weighted by Gasteiger charge is -2.59. The predicted octanol–water partition coefficient (Wildman–Crippen LogP) is 7.94. The van der Waals surface area contributed by atoms with Crippen LogP contribution in [0.25, 0.3) is 5.57 Å². The zero-order chi connectivity index (χ0) is 31.4. The fraction of sp³-hybridized carbons (Fsp3) is 0.706. The van der Waals surface area contributed by atoms with Crippen LogP contribution in [0.1, 0.15) is 96.1 Å². The summed E-state index contributed by atoms with van der Waals surface area (Å²) in [4.78, 5) is 0. The Kier molecular flexibility index (Phi) is 6.96. The number of aliphatic hydroxyl groups is 2. The summed E-state index contributed by atoms with van der Waals surface area (Å²) < 4.78 is 84.7. The molecule has 3 saturated carbocycles. The van der Waals surface area contributed by atoms with Gasteiger partial charge in [0.15, 0.2) is 5.79 Å². The minimum absolute atomic E-state index is 0.0579. The number of rotatable bonds is 3. The van der Waals surface area contributed by atoms with E-state index < -0.39 is 52.8 Å². The molecule has 6 rings (SSSR count). The molecule has 4 fully saturated rings. The standard InChI is InChI=1S/C34H43F5O4/c1-20(2)21-7-6-8-22(15-21)24-16-29(5)25(11-14-32(29,41)33(35,36)34(37,38)39)23-9-12-30(40)17-31(13-10-26(30)27(23)24)42-18-28(3,4)19-43-31/h6-8,15,23-25,40-41H,1,9-14,16-19H2,2-5H3/t23?,24-,25?,29?,30?,32?/m1/s1. The van der Waals surface area contributed by atoms with Gasteiger partial charge in [-0.1, -0.05) is 62.8 Å². The fourth-order valence-electron chi connectivity index (χ4n) is 9.33. The zero-order valence-electron chi connectivity index (χ0n) is 25.4. The highest BCUT2D eigenvalue weighted by Gasteiger charge is 2.79. The summed E-state index contributed by atoms with van der Waals surface area (Å²) in [7, 11) is 0. The first-order valence-corrected chi connectivity index (χ1v) is 15.4. The number of fused-ring (bicyclic) bond motifs is 4. The molecule has 1 spiro atoms. The van der Waals surface area contributed by atoms with Gasteiger partial charge >= 0.3 is 12.1 Å². The molecule has 2 N–H and O–H groups in total. The Morgan fingerprint density at radius 3 is 2.28 bits per heavy atom. The largest absolute Gasteiger partial charge is 0.456 e. The molecular formula is C34H43F5O4. The smallest absolute Gasteiger partial charge is 0.385 e. The predicted molar refractivity (Wildman–Crippen MR) is 152 cm³/mol. The maximum atomic E-state index is 15.3. The molecule has 1 aromatic rings. The highest BCUT2D eigenvalue weighted by Crippen LogP contribution is 2.71. The van der Waals surface area contributed by atoms with E-state index in [0.29, 0.717) is 38.9 Å². The van der Waals surface area contributed by atoms with E-state index in [1.165, 1.54) is 6.92 Å². The maximum Gasteiger partial charge on any atom is 0.456 e. The van der Waals surface area contributed by atoms with Crippen molar-refractivity contribution >= 4 is 5.57 Å². The van der Waals surface area contributed by atoms with Gasteiger partial charge in [0.1, 0.15) is 5.60 Å². The summed E-state index contributed by atoms with van der Waals surface area (Å²) in [5.41, 5.74) is -2.14. The van der Waals surface area contributed by atoms with Crippen LogP contribution in [-0.2, 0) is 9.47 Å². The van der Waals surface area contributed by atoms with Gasteiger partial charge in [-0.05, 0) is 74.0 Å². The average Bonchev–Trinajstić information content (AvgIpc) is 3.20. The van der Waals surface area contributed by atoms with Crippen LogP contribution in [0.4, 0.5) is 22.0 Å². The summed E-state index contributed by atoms with van der Waals surface area (Å²) in [6.45, 7) is 12.4. The number of alkyl halides is 5. The van der Waals surface area contributed by atoms with Crippen LogP contribution in [0.15, 0.2) is 42.0 Å². The second kappa shape index (κ2) is 9.60. The van der Waals surface area contributed by atoms with Crippen molar-refractivity contribution < 1.29 is 41.6 Å². The van der Waals surface area contributed by atoms with Gasteiger partial charge in [-0.25, -0.2) is 0 Å². The topological polar surface area (TPSA) is 58.9 Å². The van der Waals surface area contributed by atoms with E-state index in [1.54, 1.807) is 0 Å². The molecule has 0 aromatic heterocycles. The molecule has 0 bridgehead atoms. The lowest BCUT2D eigenvalue weighted by atomic mass is 9.49. The second-order valence-corrected chi connectivity index (χ2v) is 15.1. The normalized spacial score (nSPS) is 38.8. The van der Waals surface area contributed by atoms with E-state index in [0.717, 1.165) is 27.8 Å². The number of hydrogen-bond donors (Lipinski definition) is 2. The minimum atomic E-state index is -5.88. The number of hydrogen-bond acceptors (Lipinski definition) is 4. The molecule has 1 aliphatic heterocycles. The summed E-state index contributed by atoms with van der Waals surface area (Å²) in [5, 5.41) is 23.8. The molecule has 9 heteroatoms. The summed E-state index contributed by atoms with van der Waals surface area (Å²) in [6.07, 6.45) is -4.55. The van der Waals surface area contributed by atoms with E-state index in [-0.39, 0.29) is 30.6 Å². The van der Waals surface area contributed by atoms with Gasteiger partial charge in [0.2, 0.25) is 0 Å². The SMILES string of the molecule is C=C(C)c1cccc([C@H]2CC3(C)C(CCC3(O)C(F)(F)C(F)(F)F)C3CCC4(O)CC5(CCC4=C32)OCC(C)(C)CO5)c1. The molecule has 1 aromatic carbocycles. The Morgan fingerprint density at radius 2 is 1.65 bits per heavy atom. The second-order valence-electron chi connectivity index (χ2n) is 15.1. The molecule has 1 heterocycles. The molecule has 5 aliphatic rings. The lowest BCUT2D eigenvalue weighted by molar-refractivity contribution is -0.362. The summed E-state index contributed by atoms with van der Waals surface area (Å²) in [6, 6.07) is 7.52. The van der Waals surface area contributed by atoms with Crippen LogP contribution < -0.4 is 0 Å². The van der Waals surface area contributed by atoms with Crippen molar-refractivity contribution in [2.45, 2.75) is 114 Å². The van der Waals surface area contributed by atoms with Crippen LogP contribution in [-0.4, -0.2) is 52.5 Å². The van der Waals surface area contributed by atoms with E-state index in [2.05, 4.69) is 20.4 Å². The van der Waals surface area contributed by atoms with Crippen molar-refractivity contribution in [3.05, 3.63) is 53.1 Å². The van der Waals surface area contributed by atoms with E-state index in [4.69, 9.17) is 9.47 Å². The molecule has 0 amide bonds. The monoisotopic (exact) mass is 610 g/mol. The molecule has 4 nitrogen and oxygen atoms in total. The highest BCUT2D eigenvalue weighted by atomic mass is 19.4. The summed E-state index contributed by atoms with van der Waals surface area (Å²) in [5.74, 6) is -7.66. The zero-order valence-corrected chi connectivity index (χ0v) is 25.4. The number of ether oxygens (including phenoxy) is 2. The molecular weight excluding hydrogens is 567 g/mol. The Labute approximate surface area is 250 Å². The summed E-state index contributed by atoms with van der Waals surface area (Å²) >= 11 is 0. The molecule has 4 aliphatic carbocycles. The third-order valence-corrected chi connectivity index (χ3v) is 11.7. The van der Waals surface area contributed by atoms with E-state index in [1.807, 2.05) is 31.2 Å². The van der Waals surface area contributed by atoms with E-state index in [9.17, 15) is 23.4 Å². The molecule has 6 atom stereocenters. The van der Waals surface area contributed by atoms with E-state index >= 15 is 8.78 Å². The van der Waals surface area contributed by atoms with Crippen LogP contribution in [0.3, 0.4) is 0 Å². The minimum Gasteiger partial charge on any atom is -0.385 e. The van der Waals surface area contributed by atoms with Gasteiger partial charge < -0.3 is 19.7 Å². The average molecular weight is 611 g/mol. The molecule has 238 valence electrons. The number of benzene rings is 1. The molecule has 5 unspecified atom stereocenters. The highest BCUT2D eigenvalue weighted by molar-refractivity contribution is 5.62. The lowest BCUT2D eigenvalue weighted by Crippen LogP contribution is -2.65. The van der Waals surface area contributed by atoms with Crippen molar-refractivity contribution in [1.82, 2.24) is 0 Å². The Morgan fingerprint density at radius 1 is 0.977 bits per heavy atom. The third kappa shape index (κ3) is 4.50. The fourth-order valence-corrected chi connectivity index (χ4v) is 9.33. The van der Waals surface area contributed by atoms with Gasteiger partial charge in [-0.15, -0.1) is 0 Å². The third-order valence-electron chi connectivity index (χ3n) is 11.7. The van der Waals surface area contributed by atoms with Gasteiger partial charge in [0, 0.05) is 29.6 Å². The van der Waals surface area contributed by atoms with Gasteiger partial charge in [0.25, 0.3) is 0 Å². The first-order chi connectivity index (χ1) is 19.8. The molecule has 43 heavy (non-hydrogen) atoms. The maximum absolute atomic E-state index is 15.3. The van der Waals surface area contributed by atoms with Gasteiger partial charge in [0.05, 0.1) is 18.8 Å². The molecule has 0 radical (unpaired) electrons. The molecule has 1 saturated heterocycles.